The molecule has 1 amide bonds. The molecule has 0 spiro atoms. The van der Waals surface area contributed by atoms with Gasteiger partial charge in [-0.3, -0.25) is 9.52 Å². The van der Waals surface area contributed by atoms with E-state index in [0.717, 1.165) is 23.2 Å². The first-order valence-electron chi connectivity index (χ1n) is 12.2. The Morgan fingerprint density at radius 3 is 2.43 bits per heavy atom. The van der Waals surface area contributed by atoms with Crippen molar-refractivity contribution in [1.82, 2.24) is 0 Å². The monoisotopic (exact) mass is 520 g/mol. The lowest BCUT2D eigenvalue weighted by Crippen LogP contribution is -2.38. The highest BCUT2D eigenvalue weighted by atomic mass is 32.2. The molecule has 7 nitrogen and oxygen atoms in total. The molecule has 0 saturated carbocycles. The molecule has 0 bridgehead atoms. The van der Waals surface area contributed by atoms with Crippen LogP contribution < -0.4 is 9.62 Å². The number of hydrogen-bond donors (Lipinski definition) is 1. The summed E-state index contributed by atoms with van der Waals surface area (Å²) in [4.78, 5) is 27.7. The normalized spacial score (nSPS) is 15.3. The first kappa shape index (κ1) is 26.4. The molecular formula is C29H32N2O5S. The minimum Gasteiger partial charge on any atom is -0.452 e. The van der Waals surface area contributed by atoms with Crippen molar-refractivity contribution >= 4 is 33.3 Å². The van der Waals surface area contributed by atoms with E-state index in [-0.39, 0.29) is 33.5 Å². The van der Waals surface area contributed by atoms with Gasteiger partial charge in [-0.1, -0.05) is 63.2 Å². The first-order chi connectivity index (χ1) is 17.4. The van der Waals surface area contributed by atoms with Gasteiger partial charge in [0.15, 0.2) is 6.61 Å². The largest absolute Gasteiger partial charge is 0.452 e. The van der Waals surface area contributed by atoms with Crippen molar-refractivity contribution in [1.29, 1.82) is 0 Å². The third kappa shape index (κ3) is 5.54. The number of aryl methyl sites for hydroxylation is 1. The van der Waals surface area contributed by atoms with Gasteiger partial charge < -0.3 is 9.64 Å². The Labute approximate surface area is 218 Å². The van der Waals surface area contributed by atoms with Crippen molar-refractivity contribution in [3.63, 3.8) is 0 Å². The van der Waals surface area contributed by atoms with Crippen molar-refractivity contribution in [3.8, 4) is 0 Å². The van der Waals surface area contributed by atoms with Crippen LogP contribution in [0.4, 0.5) is 11.4 Å². The van der Waals surface area contributed by atoms with Gasteiger partial charge in [-0.05, 0) is 66.6 Å². The molecule has 8 heteroatoms. The van der Waals surface area contributed by atoms with Gasteiger partial charge in [-0.15, -0.1) is 0 Å². The highest BCUT2D eigenvalue weighted by molar-refractivity contribution is 7.92. The Morgan fingerprint density at radius 1 is 1.03 bits per heavy atom. The van der Waals surface area contributed by atoms with E-state index in [0.29, 0.717) is 5.56 Å². The Morgan fingerprint density at radius 2 is 1.70 bits per heavy atom. The summed E-state index contributed by atoms with van der Waals surface area (Å²) in [5, 5.41) is 0. The van der Waals surface area contributed by atoms with Crippen LogP contribution in [-0.4, -0.2) is 32.9 Å². The van der Waals surface area contributed by atoms with E-state index < -0.39 is 22.6 Å². The molecule has 0 unspecified atom stereocenters. The van der Waals surface area contributed by atoms with Gasteiger partial charge in [-0.2, -0.15) is 0 Å². The van der Waals surface area contributed by atoms with Crippen LogP contribution in [0.1, 0.15) is 54.7 Å². The Bertz CT molecular complexity index is 1460. The lowest BCUT2D eigenvalue weighted by molar-refractivity contribution is -0.122. The topological polar surface area (TPSA) is 92.8 Å². The van der Waals surface area contributed by atoms with E-state index in [1.807, 2.05) is 58.0 Å². The van der Waals surface area contributed by atoms with E-state index >= 15 is 0 Å². The summed E-state index contributed by atoms with van der Waals surface area (Å²) >= 11 is 0. The molecule has 4 rings (SSSR count). The van der Waals surface area contributed by atoms with E-state index in [2.05, 4.69) is 4.72 Å². The van der Waals surface area contributed by atoms with E-state index in [1.54, 1.807) is 36.1 Å². The average molecular weight is 521 g/mol. The van der Waals surface area contributed by atoms with Gasteiger partial charge in [-0.25, -0.2) is 13.2 Å². The van der Waals surface area contributed by atoms with Crippen molar-refractivity contribution in [2.75, 3.05) is 16.2 Å². The Balaban J connectivity index is 1.52. The smallest absolute Gasteiger partial charge is 0.340 e. The number of amides is 1. The quantitative estimate of drug-likeness (QED) is 0.450. The zero-order valence-corrected chi connectivity index (χ0v) is 22.6. The highest BCUT2D eigenvalue weighted by Crippen LogP contribution is 2.32. The maximum Gasteiger partial charge on any atom is 0.340 e. The van der Waals surface area contributed by atoms with Gasteiger partial charge in [0.1, 0.15) is 0 Å². The van der Waals surface area contributed by atoms with E-state index in [4.69, 9.17) is 4.74 Å². The van der Waals surface area contributed by atoms with Crippen LogP contribution in [-0.2, 0) is 31.4 Å². The minimum atomic E-state index is -4.00. The van der Waals surface area contributed by atoms with Gasteiger partial charge in [0.2, 0.25) is 0 Å². The Kier molecular flexibility index (Phi) is 7.15. The number of nitrogens with one attached hydrogen (secondary N) is 1. The molecule has 1 atom stereocenters. The zero-order chi connectivity index (χ0) is 27.0. The number of hydrogen-bond acceptors (Lipinski definition) is 5. The van der Waals surface area contributed by atoms with Crippen molar-refractivity contribution in [2.24, 2.45) is 0 Å². The minimum absolute atomic E-state index is 0.0263. The van der Waals surface area contributed by atoms with Crippen LogP contribution in [0, 0.1) is 6.92 Å². The molecule has 1 heterocycles. The molecule has 194 valence electrons. The number of para-hydroxylation sites is 2. The summed E-state index contributed by atoms with van der Waals surface area (Å²) in [6.07, 6.45) is 0.732. The van der Waals surface area contributed by atoms with Gasteiger partial charge >= 0.3 is 5.97 Å². The van der Waals surface area contributed by atoms with Gasteiger partial charge in [0, 0.05) is 11.7 Å². The van der Waals surface area contributed by atoms with Crippen molar-refractivity contribution in [2.45, 2.75) is 57.4 Å². The molecule has 0 fully saturated rings. The van der Waals surface area contributed by atoms with E-state index in [9.17, 15) is 18.0 Å². The number of fused-ring (bicyclic) bond motifs is 1. The predicted molar refractivity (Wildman–Crippen MR) is 145 cm³/mol. The zero-order valence-electron chi connectivity index (χ0n) is 21.7. The number of benzene rings is 3. The summed E-state index contributed by atoms with van der Waals surface area (Å²) in [6, 6.07) is 19.2. The first-order valence-corrected chi connectivity index (χ1v) is 13.7. The van der Waals surface area contributed by atoms with Crippen LogP contribution in [0.15, 0.2) is 71.6 Å². The van der Waals surface area contributed by atoms with Crippen molar-refractivity contribution in [3.05, 3.63) is 89.0 Å². The molecule has 3 aromatic carbocycles. The third-order valence-electron chi connectivity index (χ3n) is 6.54. The van der Waals surface area contributed by atoms with Crippen LogP contribution in [0.25, 0.3) is 0 Å². The molecule has 1 aliphatic rings. The number of carbonyl (C=O) groups is 2. The molecule has 1 aliphatic heterocycles. The number of sulfonamides is 1. The lowest BCUT2D eigenvalue weighted by atomic mass is 9.87. The fraction of sp³-hybridized carbons (Fsp3) is 0.310. The number of carbonyl (C=O) groups excluding carboxylic acids is 2. The maximum absolute atomic E-state index is 13.3. The molecule has 0 aliphatic carbocycles. The van der Waals surface area contributed by atoms with Crippen LogP contribution in [0.2, 0.25) is 0 Å². The van der Waals surface area contributed by atoms with Crippen LogP contribution in [0.3, 0.4) is 0 Å². The number of anilines is 2. The average Bonchev–Trinajstić information content (AvgIpc) is 3.17. The molecule has 0 saturated heterocycles. The second kappa shape index (κ2) is 10.0. The Hall–Kier alpha value is -3.65. The summed E-state index contributed by atoms with van der Waals surface area (Å²) in [7, 11) is -4.00. The number of ether oxygens (including phenoxy) is 1. The highest BCUT2D eigenvalue weighted by Gasteiger charge is 2.31. The molecule has 1 N–H and O–H groups in total. The second-order valence-electron chi connectivity index (χ2n) is 10.4. The lowest BCUT2D eigenvalue weighted by Gasteiger charge is -2.22. The molecule has 0 radical (unpaired) electrons. The van der Waals surface area contributed by atoms with Crippen LogP contribution in [0.5, 0.6) is 0 Å². The molecular weight excluding hydrogens is 488 g/mol. The molecule has 3 aromatic rings. The number of nitrogens with zero attached hydrogens (tertiary/aromatic N) is 1. The van der Waals surface area contributed by atoms with E-state index in [1.165, 1.54) is 12.1 Å². The fourth-order valence-electron chi connectivity index (χ4n) is 4.53. The number of rotatable bonds is 6. The van der Waals surface area contributed by atoms with Gasteiger partial charge in [0.25, 0.3) is 15.9 Å². The second-order valence-corrected chi connectivity index (χ2v) is 12.1. The fourth-order valence-corrected chi connectivity index (χ4v) is 5.88. The predicted octanol–water partition coefficient (Wildman–Crippen LogP) is 5.23. The standard InChI is InChI=1S/C29H32N2O5S/c1-19-14-15-22(29(3,4)5)17-26(19)37(34,35)30-24-12-8-7-11-23(24)28(33)36-18-27(32)31-20(2)16-21-10-6-9-13-25(21)31/h6-15,17,20,30H,16,18H2,1-5H3/t20-/m1/s1. The third-order valence-corrected chi connectivity index (χ3v) is 8.05. The summed E-state index contributed by atoms with van der Waals surface area (Å²) in [5.41, 5.74) is 3.23. The summed E-state index contributed by atoms with van der Waals surface area (Å²) in [5.74, 6) is -1.12. The number of esters is 1. The van der Waals surface area contributed by atoms with Crippen molar-refractivity contribution < 1.29 is 22.7 Å². The summed E-state index contributed by atoms with van der Waals surface area (Å²) in [6.45, 7) is 9.25. The molecule has 0 aromatic heterocycles. The SMILES string of the molecule is Cc1ccc(C(C)(C)C)cc1S(=O)(=O)Nc1ccccc1C(=O)OCC(=O)N1c2ccccc2C[C@H]1C. The summed E-state index contributed by atoms with van der Waals surface area (Å²) < 4.78 is 34.6. The maximum atomic E-state index is 13.3. The molecule has 37 heavy (non-hydrogen) atoms. The van der Waals surface area contributed by atoms with Gasteiger partial charge in [0.05, 0.1) is 16.1 Å². The van der Waals surface area contributed by atoms with Crippen LogP contribution >= 0.6 is 0 Å².